The maximum absolute atomic E-state index is 11.5. The van der Waals surface area contributed by atoms with Gasteiger partial charge in [0.25, 0.3) is 0 Å². The van der Waals surface area contributed by atoms with Gasteiger partial charge in [0.1, 0.15) is 6.33 Å². The lowest BCUT2D eigenvalue weighted by atomic mass is 10.2. The van der Waals surface area contributed by atoms with Gasteiger partial charge in [-0.05, 0) is 25.5 Å². The number of anilines is 3. The van der Waals surface area contributed by atoms with Crippen LogP contribution in [0.1, 0.15) is 20.3 Å². The molecule has 2 aromatic heterocycles. The minimum atomic E-state index is -0.486. The highest BCUT2D eigenvalue weighted by molar-refractivity contribution is 7.22. The van der Waals surface area contributed by atoms with Gasteiger partial charge in [0.2, 0.25) is 11.6 Å². The van der Waals surface area contributed by atoms with Gasteiger partial charge in [-0.15, -0.1) is 0 Å². The molecule has 0 aliphatic rings. The van der Waals surface area contributed by atoms with E-state index in [0.717, 1.165) is 16.6 Å². The van der Waals surface area contributed by atoms with Crippen LogP contribution in [0.25, 0.3) is 10.2 Å². The molecule has 0 aliphatic carbocycles. The van der Waals surface area contributed by atoms with Crippen molar-refractivity contribution in [2.45, 2.75) is 26.3 Å². The Labute approximate surface area is 142 Å². The first-order valence-corrected chi connectivity index (χ1v) is 8.28. The molecule has 0 bridgehead atoms. The van der Waals surface area contributed by atoms with Crippen molar-refractivity contribution in [2.24, 2.45) is 0 Å². The van der Waals surface area contributed by atoms with Crippen molar-refractivity contribution in [1.82, 2.24) is 15.0 Å². The molecule has 0 spiro atoms. The molecule has 124 valence electrons. The average Bonchev–Trinajstić information content (AvgIpc) is 2.96. The second-order valence-corrected chi connectivity index (χ2v) is 6.27. The predicted octanol–water partition coefficient (Wildman–Crippen LogP) is 3.95. The topological polar surface area (TPSA) is 106 Å². The molecule has 9 heteroatoms. The number of thiazole rings is 1. The minimum Gasteiger partial charge on any atom is -0.362 e. The molecule has 1 unspecified atom stereocenters. The van der Waals surface area contributed by atoms with E-state index in [1.54, 1.807) is 0 Å². The number of nitrogens with zero attached hydrogens (tertiary/aromatic N) is 4. The smallest absolute Gasteiger partial charge is 0.353 e. The number of benzene rings is 1. The molecule has 0 aliphatic heterocycles. The quantitative estimate of drug-likeness (QED) is 0.515. The Bertz CT molecular complexity index is 848. The highest BCUT2D eigenvalue weighted by Gasteiger charge is 2.24. The summed E-state index contributed by atoms with van der Waals surface area (Å²) < 4.78 is 0.995. The maximum Gasteiger partial charge on any atom is 0.353 e. The van der Waals surface area contributed by atoms with E-state index in [2.05, 4.69) is 25.6 Å². The van der Waals surface area contributed by atoms with Crippen molar-refractivity contribution in [3.63, 3.8) is 0 Å². The van der Waals surface area contributed by atoms with E-state index in [-0.39, 0.29) is 23.4 Å². The van der Waals surface area contributed by atoms with E-state index in [1.165, 1.54) is 17.7 Å². The zero-order valence-electron chi connectivity index (χ0n) is 13.2. The molecule has 24 heavy (non-hydrogen) atoms. The first kappa shape index (κ1) is 16.1. The van der Waals surface area contributed by atoms with Crippen LogP contribution in [-0.4, -0.2) is 25.9 Å². The number of para-hydroxylation sites is 1. The zero-order chi connectivity index (χ0) is 17.1. The van der Waals surface area contributed by atoms with Crippen LogP contribution >= 0.6 is 11.3 Å². The monoisotopic (exact) mass is 344 g/mol. The van der Waals surface area contributed by atoms with Crippen LogP contribution in [0.4, 0.5) is 22.5 Å². The van der Waals surface area contributed by atoms with Gasteiger partial charge in [-0.3, -0.25) is 10.1 Å². The van der Waals surface area contributed by atoms with Crippen molar-refractivity contribution in [3.05, 3.63) is 40.7 Å². The van der Waals surface area contributed by atoms with E-state index in [9.17, 15) is 10.1 Å². The van der Waals surface area contributed by atoms with E-state index in [0.29, 0.717) is 5.13 Å². The van der Waals surface area contributed by atoms with Crippen LogP contribution in [0.15, 0.2) is 30.6 Å². The first-order valence-electron chi connectivity index (χ1n) is 7.47. The molecule has 2 N–H and O–H groups in total. The van der Waals surface area contributed by atoms with E-state index < -0.39 is 4.92 Å². The summed E-state index contributed by atoms with van der Waals surface area (Å²) in [5.41, 5.74) is 0.650. The van der Waals surface area contributed by atoms with Gasteiger partial charge in [0.05, 0.1) is 15.1 Å². The standard InChI is InChI=1S/C15H16N6O2S/c1-3-9(2)18-13-12(21(22)23)14(17-8-16-13)20-15-19-10-6-4-5-7-11(10)24-15/h4-9H,3H2,1-2H3,(H2,16,17,18,19,20). The maximum atomic E-state index is 11.5. The number of hydrogen-bond donors (Lipinski definition) is 2. The molecule has 0 fully saturated rings. The highest BCUT2D eigenvalue weighted by atomic mass is 32.1. The fourth-order valence-electron chi connectivity index (χ4n) is 2.11. The summed E-state index contributed by atoms with van der Waals surface area (Å²) in [6.45, 7) is 3.93. The van der Waals surface area contributed by atoms with Gasteiger partial charge in [-0.2, -0.15) is 0 Å². The number of fused-ring (bicyclic) bond motifs is 1. The Hall–Kier alpha value is -2.81. The molecule has 1 atom stereocenters. The van der Waals surface area contributed by atoms with Crippen LogP contribution < -0.4 is 10.6 Å². The SMILES string of the molecule is CCC(C)Nc1ncnc(Nc2nc3ccccc3s2)c1[N+](=O)[O-]. The van der Waals surface area contributed by atoms with Gasteiger partial charge in [-0.1, -0.05) is 30.4 Å². The Kier molecular flexibility index (Phi) is 4.52. The zero-order valence-corrected chi connectivity index (χ0v) is 14.0. The molecule has 0 amide bonds. The molecule has 3 aromatic rings. The van der Waals surface area contributed by atoms with Crippen molar-refractivity contribution in [2.75, 3.05) is 10.6 Å². The summed E-state index contributed by atoms with van der Waals surface area (Å²) >= 11 is 1.41. The molecular weight excluding hydrogens is 328 g/mol. The largest absolute Gasteiger partial charge is 0.362 e. The van der Waals surface area contributed by atoms with Crippen LogP contribution in [0.2, 0.25) is 0 Å². The Morgan fingerprint density at radius 2 is 2.04 bits per heavy atom. The Morgan fingerprint density at radius 1 is 1.29 bits per heavy atom. The minimum absolute atomic E-state index is 0.0638. The number of nitrogens with one attached hydrogen (secondary N) is 2. The number of aromatic nitrogens is 3. The van der Waals surface area contributed by atoms with Crippen molar-refractivity contribution in [1.29, 1.82) is 0 Å². The lowest BCUT2D eigenvalue weighted by molar-refractivity contribution is -0.383. The van der Waals surface area contributed by atoms with Gasteiger partial charge in [0, 0.05) is 6.04 Å². The average molecular weight is 344 g/mol. The van der Waals surface area contributed by atoms with Crippen molar-refractivity contribution < 1.29 is 4.92 Å². The van der Waals surface area contributed by atoms with Crippen LogP contribution in [0.5, 0.6) is 0 Å². The van der Waals surface area contributed by atoms with Crippen molar-refractivity contribution >= 4 is 44.0 Å². The van der Waals surface area contributed by atoms with Crippen LogP contribution in [0, 0.1) is 10.1 Å². The summed E-state index contributed by atoms with van der Waals surface area (Å²) in [6, 6.07) is 7.72. The second-order valence-electron chi connectivity index (χ2n) is 5.24. The summed E-state index contributed by atoms with van der Waals surface area (Å²) in [5, 5.41) is 18.0. The lowest BCUT2D eigenvalue weighted by Crippen LogP contribution is -2.16. The molecule has 8 nitrogen and oxygen atoms in total. The normalized spacial score (nSPS) is 12.1. The van der Waals surface area contributed by atoms with Crippen LogP contribution in [0.3, 0.4) is 0 Å². The third-order valence-corrected chi connectivity index (χ3v) is 4.47. The Morgan fingerprint density at radius 3 is 2.75 bits per heavy atom. The molecule has 1 aromatic carbocycles. The van der Waals surface area contributed by atoms with Gasteiger partial charge < -0.3 is 10.6 Å². The summed E-state index contributed by atoms with van der Waals surface area (Å²) in [4.78, 5) is 23.5. The van der Waals surface area contributed by atoms with Crippen molar-refractivity contribution in [3.8, 4) is 0 Å². The van der Waals surface area contributed by atoms with Gasteiger partial charge in [-0.25, -0.2) is 15.0 Å². The third-order valence-electron chi connectivity index (χ3n) is 3.52. The third kappa shape index (κ3) is 3.25. The van der Waals surface area contributed by atoms with Crippen LogP contribution in [-0.2, 0) is 0 Å². The summed E-state index contributed by atoms with van der Waals surface area (Å²) in [7, 11) is 0. The van der Waals surface area contributed by atoms with E-state index >= 15 is 0 Å². The summed E-state index contributed by atoms with van der Waals surface area (Å²) in [6.07, 6.45) is 2.12. The van der Waals surface area contributed by atoms with E-state index in [4.69, 9.17) is 0 Å². The molecular formula is C15H16N6O2S. The molecule has 0 radical (unpaired) electrons. The van der Waals surface area contributed by atoms with E-state index in [1.807, 2.05) is 38.1 Å². The number of nitro groups is 1. The van der Waals surface area contributed by atoms with Gasteiger partial charge >= 0.3 is 5.69 Å². The fraction of sp³-hybridized carbons (Fsp3) is 0.267. The summed E-state index contributed by atoms with van der Waals surface area (Å²) in [5.74, 6) is 0.327. The number of rotatable bonds is 6. The molecule has 0 saturated heterocycles. The number of hydrogen-bond acceptors (Lipinski definition) is 8. The molecule has 3 rings (SSSR count). The fourth-order valence-corrected chi connectivity index (χ4v) is 2.98. The first-order chi connectivity index (χ1) is 11.6. The second kappa shape index (κ2) is 6.75. The van der Waals surface area contributed by atoms with Gasteiger partial charge in [0.15, 0.2) is 5.13 Å². The predicted molar refractivity (Wildman–Crippen MR) is 95.0 cm³/mol. The molecule has 0 saturated carbocycles. The highest BCUT2D eigenvalue weighted by Crippen LogP contribution is 2.34. The molecule has 2 heterocycles. The Balaban J connectivity index is 1.97. The lowest BCUT2D eigenvalue weighted by Gasteiger charge is -2.13.